The zero-order valence-corrected chi connectivity index (χ0v) is 14.1. The van der Waals surface area contributed by atoms with Crippen molar-refractivity contribution in [3.05, 3.63) is 64.1 Å². The van der Waals surface area contributed by atoms with Gasteiger partial charge in [-0.05, 0) is 36.4 Å². The molecule has 1 amide bonds. The Morgan fingerprint density at radius 3 is 2.62 bits per heavy atom. The van der Waals surface area contributed by atoms with Crippen LogP contribution in [0.15, 0.2) is 58.6 Å². The summed E-state index contributed by atoms with van der Waals surface area (Å²) in [7, 11) is 0. The highest BCUT2D eigenvalue weighted by atomic mass is 79.9. The molecule has 0 aliphatic rings. The molecule has 0 aromatic heterocycles. The predicted octanol–water partition coefficient (Wildman–Crippen LogP) is 3.90. The molecule has 6 heteroatoms. The fourth-order valence-electron chi connectivity index (χ4n) is 1.90. The highest BCUT2D eigenvalue weighted by Gasteiger charge is 2.11. The largest absolute Gasteiger partial charge is 0.478 e. The van der Waals surface area contributed by atoms with Gasteiger partial charge in [-0.15, -0.1) is 0 Å². The van der Waals surface area contributed by atoms with Crippen LogP contribution in [0.2, 0.25) is 0 Å². The molecule has 2 rings (SSSR count). The van der Waals surface area contributed by atoms with Crippen molar-refractivity contribution in [1.29, 1.82) is 10.5 Å². The van der Waals surface area contributed by atoms with Gasteiger partial charge in [0.2, 0.25) is 0 Å². The smallest absolute Gasteiger partial charge is 0.266 e. The number of nitrogens with one attached hydrogen (secondary N) is 1. The van der Waals surface area contributed by atoms with Crippen LogP contribution in [0.25, 0.3) is 6.08 Å². The fraction of sp³-hybridized carbons (Fsp3) is 0.0556. The van der Waals surface area contributed by atoms with E-state index >= 15 is 0 Å². The van der Waals surface area contributed by atoms with Crippen molar-refractivity contribution in [3.8, 4) is 17.9 Å². The zero-order valence-electron chi connectivity index (χ0n) is 12.5. The molecule has 2 aromatic rings. The van der Waals surface area contributed by atoms with Crippen molar-refractivity contribution in [2.75, 3.05) is 11.9 Å². The van der Waals surface area contributed by atoms with Crippen molar-refractivity contribution >= 4 is 33.6 Å². The monoisotopic (exact) mass is 381 g/mol. The van der Waals surface area contributed by atoms with Gasteiger partial charge in [-0.2, -0.15) is 10.5 Å². The molecule has 0 radical (unpaired) electrons. The Bertz CT molecular complexity index is 849. The first-order chi connectivity index (χ1) is 11.6. The Morgan fingerprint density at radius 1 is 1.21 bits per heavy atom. The molecular formula is C18H12BrN3O2. The van der Waals surface area contributed by atoms with Gasteiger partial charge in [-0.1, -0.05) is 34.1 Å². The van der Waals surface area contributed by atoms with E-state index in [4.69, 9.17) is 10.00 Å². The van der Waals surface area contributed by atoms with Crippen molar-refractivity contribution in [3.63, 3.8) is 0 Å². The molecule has 0 aliphatic heterocycles. The van der Waals surface area contributed by atoms with E-state index in [1.165, 1.54) is 6.08 Å². The molecule has 0 atom stereocenters. The Balaban J connectivity index is 2.30. The van der Waals surface area contributed by atoms with E-state index in [-0.39, 0.29) is 12.2 Å². The summed E-state index contributed by atoms with van der Waals surface area (Å²) in [4.78, 5) is 12.3. The van der Waals surface area contributed by atoms with E-state index < -0.39 is 5.91 Å². The van der Waals surface area contributed by atoms with Gasteiger partial charge in [0, 0.05) is 15.7 Å². The third kappa shape index (κ3) is 4.70. The summed E-state index contributed by atoms with van der Waals surface area (Å²) in [6.07, 6.45) is 1.43. The number of amides is 1. The summed E-state index contributed by atoms with van der Waals surface area (Å²) < 4.78 is 6.08. The summed E-state index contributed by atoms with van der Waals surface area (Å²) in [6, 6.07) is 17.8. The Kier molecular flexibility index (Phi) is 6.13. The molecule has 0 aliphatic carbocycles. The summed E-state index contributed by atoms with van der Waals surface area (Å²) in [5.41, 5.74) is 1.05. The molecule has 0 saturated heterocycles. The van der Waals surface area contributed by atoms with Gasteiger partial charge in [-0.3, -0.25) is 4.79 Å². The van der Waals surface area contributed by atoms with E-state index in [1.807, 2.05) is 18.2 Å². The molecule has 0 unspecified atom stereocenters. The number of rotatable bonds is 5. The van der Waals surface area contributed by atoms with Gasteiger partial charge in [0.25, 0.3) is 5.91 Å². The van der Waals surface area contributed by atoms with Crippen LogP contribution in [-0.2, 0) is 4.79 Å². The first kappa shape index (κ1) is 17.3. The van der Waals surface area contributed by atoms with Crippen LogP contribution in [0.1, 0.15) is 5.56 Å². The minimum Gasteiger partial charge on any atom is -0.478 e. The Hall–Kier alpha value is -3.09. The molecule has 0 heterocycles. The maximum Gasteiger partial charge on any atom is 0.266 e. The third-order valence-corrected chi connectivity index (χ3v) is 3.45. The van der Waals surface area contributed by atoms with E-state index in [2.05, 4.69) is 21.2 Å². The average molecular weight is 382 g/mol. The second-order valence-electron chi connectivity index (χ2n) is 4.62. The van der Waals surface area contributed by atoms with Crippen LogP contribution in [-0.4, -0.2) is 12.5 Å². The van der Waals surface area contributed by atoms with Crippen LogP contribution >= 0.6 is 15.9 Å². The molecule has 118 valence electrons. The molecule has 2 aromatic carbocycles. The van der Waals surface area contributed by atoms with E-state index in [9.17, 15) is 10.1 Å². The van der Waals surface area contributed by atoms with Gasteiger partial charge < -0.3 is 10.1 Å². The summed E-state index contributed by atoms with van der Waals surface area (Å²) in [6.45, 7) is -0.124. The molecule has 0 saturated carbocycles. The lowest BCUT2D eigenvalue weighted by Gasteiger charge is -2.08. The van der Waals surface area contributed by atoms with Gasteiger partial charge in [0.05, 0.1) is 0 Å². The van der Waals surface area contributed by atoms with Crippen molar-refractivity contribution < 1.29 is 9.53 Å². The number of nitriles is 2. The summed E-state index contributed by atoms with van der Waals surface area (Å²) >= 11 is 3.33. The minimum atomic E-state index is -0.519. The molecule has 24 heavy (non-hydrogen) atoms. The lowest BCUT2D eigenvalue weighted by Crippen LogP contribution is -2.13. The topological polar surface area (TPSA) is 85.9 Å². The van der Waals surface area contributed by atoms with Crippen LogP contribution in [0.3, 0.4) is 0 Å². The van der Waals surface area contributed by atoms with Crippen LogP contribution in [0, 0.1) is 22.7 Å². The van der Waals surface area contributed by atoms with Gasteiger partial charge >= 0.3 is 0 Å². The highest BCUT2D eigenvalue weighted by Crippen LogP contribution is 2.26. The third-order valence-electron chi connectivity index (χ3n) is 2.96. The zero-order chi connectivity index (χ0) is 17.4. The Morgan fingerprint density at radius 2 is 1.96 bits per heavy atom. The van der Waals surface area contributed by atoms with E-state index in [0.717, 1.165) is 4.47 Å². The standard InChI is InChI=1S/C18H12BrN3O2/c19-15-6-7-17(24-9-8-20)13(11-15)10-14(12-21)18(23)22-16-4-2-1-3-5-16/h1-7,10-11H,9H2,(H,22,23)/b14-10+. The second-order valence-corrected chi connectivity index (χ2v) is 5.53. The highest BCUT2D eigenvalue weighted by molar-refractivity contribution is 9.10. The lowest BCUT2D eigenvalue weighted by atomic mass is 10.1. The molecule has 5 nitrogen and oxygen atoms in total. The number of hydrogen-bond acceptors (Lipinski definition) is 4. The summed E-state index contributed by atoms with van der Waals surface area (Å²) in [5.74, 6) is -0.102. The van der Waals surface area contributed by atoms with E-state index in [0.29, 0.717) is 17.0 Å². The number of para-hydroxylation sites is 1. The molecule has 1 N–H and O–H groups in total. The molecular weight excluding hydrogens is 370 g/mol. The maximum absolute atomic E-state index is 12.3. The number of carbonyl (C=O) groups excluding carboxylic acids is 1. The van der Waals surface area contributed by atoms with E-state index in [1.54, 1.807) is 42.5 Å². The summed E-state index contributed by atoms with van der Waals surface area (Å²) in [5, 5.41) is 20.6. The molecule has 0 fully saturated rings. The average Bonchev–Trinajstić information content (AvgIpc) is 2.59. The SMILES string of the molecule is N#CCOc1ccc(Br)cc1/C=C(\C#N)C(=O)Nc1ccccc1. The maximum atomic E-state index is 12.3. The van der Waals surface area contributed by atoms with Crippen LogP contribution in [0.5, 0.6) is 5.75 Å². The van der Waals surface area contributed by atoms with Crippen LogP contribution in [0.4, 0.5) is 5.69 Å². The number of anilines is 1. The van der Waals surface area contributed by atoms with Crippen molar-refractivity contribution in [2.24, 2.45) is 0 Å². The van der Waals surface area contributed by atoms with Gasteiger partial charge in [-0.25, -0.2) is 0 Å². The Labute approximate surface area is 147 Å². The first-order valence-electron chi connectivity index (χ1n) is 6.91. The number of ether oxygens (including phenoxy) is 1. The number of halogens is 1. The van der Waals surface area contributed by atoms with Gasteiger partial charge in [0.15, 0.2) is 6.61 Å². The normalized spacial score (nSPS) is 10.4. The predicted molar refractivity (Wildman–Crippen MR) is 93.9 cm³/mol. The number of nitrogens with zero attached hydrogens (tertiary/aromatic N) is 2. The second kappa shape index (κ2) is 8.52. The first-order valence-corrected chi connectivity index (χ1v) is 7.71. The fourth-order valence-corrected chi connectivity index (χ4v) is 2.28. The molecule has 0 bridgehead atoms. The quantitative estimate of drug-likeness (QED) is 0.628. The lowest BCUT2D eigenvalue weighted by molar-refractivity contribution is -0.112. The van der Waals surface area contributed by atoms with Crippen LogP contribution < -0.4 is 10.1 Å². The van der Waals surface area contributed by atoms with Gasteiger partial charge in [0.1, 0.15) is 23.5 Å². The number of hydrogen-bond donors (Lipinski definition) is 1. The number of carbonyl (C=O) groups is 1. The molecule has 0 spiro atoms. The minimum absolute atomic E-state index is 0.0706. The van der Waals surface area contributed by atoms with Crippen molar-refractivity contribution in [2.45, 2.75) is 0 Å². The number of benzene rings is 2. The van der Waals surface area contributed by atoms with Crippen molar-refractivity contribution in [1.82, 2.24) is 0 Å².